The Bertz CT molecular complexity index is 2460. The molecule has 0 spiro atoms. The zero-order valence-electron chi connectivity index (χ0n) is 24.5. The quantitative estimate of drug-likeness (QED) is 0.206. The molecule has 5 heteroatoms. The van der Waals surface area contributed by atoms with Gasteiger partial charge in [-0.05, 0) is 88.6 Å². The molecule has 0 unspecified atom stereocenters. The van der Waals surface area contributed by atoms with E-state index in [-0.39, 0.29) is 16.4 Å². The Morgan fingerprint density at radius 3 is 1.53 bits per heavy atom. The number of benzene rings is 8. The van der Waals surface area contributed by atoms with E-state index in [1.807, 2.05) is 6.07 Å². The summed E-state index contributed by atoms with van der Waals surface area (Å²) in [4.78, 5) is 0. The van der Waals surface area contributed by atoms with Crippen LogP contribution >= 0.6 is 0 Å². The monoisotopic (exact) mass is 556 g/mol. The van der Waals surface area contributed by atoms with Crippen molar-refractivity contribution in [3.8, 4) is 33.4 Å². The Labute approximate surface area is 269 Å². The van der Waals surface area contributed by atoms with Crippen molar-refractivity contribution in [3.05, 3.63) is 127 Å². The van der Waals surface area contributed by atoms with Crippen molar-refractivity contribution in [1.29, 1.82) is 0 Å². The van der Waals surface area contributed by atoms with Crippen LogP contribution in [-0.4, -0.2) is 39.2 Å². The zero-order chi connectivity index (χ0) is 30.8. The Morgan fingerprint density at radius 2 is 0.800 bits per heavy atom. The Balaban J connectivity index is 1.56. The van der Waals surface area contributed by atoms with E-state index in [0.717, 1.165) is 32.8 Å². The molecule has 0 aliphatic rings. The van der Waals surface area contributed by atoms with Crippen molar-refractivity contribution in [3.63, 3.8) is 0 Å². The van der Waals surface area contributed by atoms with Crippen LogP contribution in [0.15, 0.2) is 127 Å². The molecule has 0 heterocycles. The highest BCUT2D eigenvalue weighted by molar-refractivity contribution is 6.68. The summed E-state index contributed by atoms with van der Waals surface area (Å²) in [5.41, 5.74) is 7.32. The van der Waals surface area contributed by atoms with E-state index in [2.05, 4.69) is 121 Å². The number of hydrogen-bond acceptors (Lipinski definition) is 0. The molecule has 0 amide bonds. The van der Waals surface area contributed by atoms with Gasteiger partial charge in [-0.15, -0.1) is 16.4 Å². The lowest BCUT2D eigenvalue weighted by Crippen LogP contribution is -2.55. The first-order chi connectivity index (χ1) is 21.9. The molecule has 0 aromatic heterocycles. The Morgan fingerprint density at radius 1 is 0.289 bits per heavy atom. The van der Waals surface area contributed by atoms with Crippen LogP contribution in [0.1, 0.15) is 0 Å². The lowest BCUT2D eigenvalue weighted by atomic mass is 9.59. The largest absolute Gasteiger partial charge is 0.113 e. The molecule has 0 atom stereocenters. The third-order valence-electron chi connectivity index (χ3n) is 9.11. The van der Waals surface area contributed by atoms with Crippen molar-refractivity contribution in [2.24, 2.45) is 0 Å². The zero-order valence-corrected chi connectivity index (χ0v) is 24.5. The topological polar surface area (TPSA) is 0 Å². The highest BCUT2D eigenvalue weighted by Crippen LogP contribution is 2.46. The summed E-state index contributed by atoms with van der Waals surface area (Å²) in [5, 5.41) is 9.26. The van der Waals surface area contributed by atoms with Gasteiger partial charge in [0.15, 0.2) is 0 Å². The summed E-state index contributed by atoms with van der Waals surface area (Å²) in [5.74, 6) is 0. The molecule has 0 bridgehead atoms. The van der Waals surface area contributed by atoms with Gasteiger partial charge in [-0.3, -0.25) is 0 Å². The average molecular weight is 556 g/mol. The van der Waals surface area contributed by atoms with Gasteiger partial charge in [-0.25, -0.2) is 0 Å². The molecule has 0 saturated heterocycles. The molecule has 0 aliphatic heterocycles. The first-order valence-corrected chi connectivity index (χ1v) is 14.9. The maximum absolute atomic E-state index is 6.57. The third kappa shape index (κ3) is 4.29. The van der Waals surface area contributed by atoms with Crippen molar-refractivity contribution in [2.75, 3.05) is 0 Å². The molecule has 0 saturated carbocycles. The highest BCUT2D eigenvalue weighted by Gasteiger charge is 2.20. The first kappa shape index (κ1) is 27.7. The normalized spacial score (nSPS) is 11.6. The SMILES string of the molecule is [B]c1c([B])c([B])c(-c2ccc3c(-c4cccc5ccccc45)c4ccccc4c(-c4ccc5ccccc5c4)c3c2)c([B])c1[B]. The summed E-state index contributed by atoms with van der Waals surface area (Å²) in [7, 11) is 31.9. The maximum Gasteiger partial charge on any atom is 0.113 e. The van der Waals surface area contributed by atoms with E-state index in [9.17, 15) is 0 Å². The second-order valence-electron chi connectivity index (χ2n) is 11.6. The number of fused-ring (bicyclic) bond motifs is 4. The molecule has 10 radical (unpaired) electrons. The van der Waals surface area contributed by atoms with Crippen LogP contribution in [-0.2, 0) is 0 Å². The third-order valence-corrected chi connectivity index (χ3v) is 9.11. The predicted molar refractivity (Wildman–Crippen MR) is 200 cm³/mol. The fraction of sp³-hybridized carbons (Fsp3) is 0. The van der Waals surface area contributed by atoms with E-state index in [0.29, 0.717) is 16.5 Å². The van der Waals surface area contributed by atoms with E-state index >= 15 is 0 Å². The maximum atomic E-state index is 6.57. The van der Waals surface area contributed by atoms with Gasteiger partial charge in [-0.1, -0.05) is 126 Å². The molecule has 8 aromatic rings. The lowest BCUT2D eigenvalue weighted by molar-refractivity contribution is 1.68. The molecule has 0 aliphatic carbocycles. The van der Waals surface area contributed by atoms with Crippen molar-refractivity contribution >= 4 is 110 Å². The molecule has 0 nitrogen and oxygen atoms in total. The molecule has 45 heavy (non-hydrogen) atoms. The van der Waals surface area contributed by atoms with Crippen LogP contribution in [0.2, 0.25) is 0 Å². The lowest BCUT2D eigenvalue weighted by Gasteiger charge is -2.23. The van der Waals surface area contributed by atoms with Gasteiger partial charge in [0, 0.05) is 0 Å². The minimum absolute atomic E-state index is 0.204. The number of rotatable bonds is 3. The van der Waals surface area contributed by atoms with Gasteiger partial charge in [0.1, 0.15) is 39.2 Å². The van der Waals surface area contributed by atoms with Gasteiger partial charge in [-0.2, -0.15) is 0 Å². The van der Waals surface area contributed by atoms with Crippen molar-refractivity contribution < 1.29 is 0 Å². The van der Waals surface area contributed by atoms with Crippen LogP contribution in [0.25, 0.3) is 76.5 Å². The standard InChI is InChI=1S/C40H21B5/c41-36-34(37(42)39(44)40(45)38(36)43)26-18-19-31-32(21-26)33(25-17-16-22-8-1-2-10-24(22)20-25)29-13-5-6-14-30(29)35(31)28-15-7-11-23-9-3-4-12-27(23)28/h1-21H. The van der Waals surface area contributed by atoms with Crippen LogP contribution in [0.5, 0.6) is 0 Å². The van der Waals surface area contributed by atoms with E-state index in [4.69, 9.17) is 39.2 Å². The molecule has 8 rings (SSSR count). The average Bonchev–Trinajstić information content (AvgIpc) is 3.08. The van der Waals surface area contributed by atoms with Crippen molar-refractivity contribution in [1.82, 2.24) is 0 Å². The summed E-state index contributed by atoms with van der Waals surface area (Å²) in [6, 6.07) is 45.2. The summed E-state index contributed by atoms with van der Waals surface area (Å²) < 4.78 is 0. The second kappa shape index (κ2) is 10.6. The Kier molecular flexibility index (Phi) is 6.54. The van der Waals surface area contributed by atoms with E-state index < -0.39 is 0 Å². The summed E-state index contributed by atoms with van der Waals surface area (Å²) in [6.07, 6.45) is 0. The highest BCUT2D eigenvalue weighted by atomic mass is 14.2. The summed E-state index contributed by atoms with van der Waals surface area (Å²) in [6.45, 7) is 0. The fourth-order valence-electron chi connectivity index (χ4n) is 6.88. The van der Waals surface area contributed by atoms with Gasteiger partial charge in [0.05, 0.1) is 0 Å². The van der Waals surface area contributed by atoms with E-state index in [1.54, 1.807) is 0 Å². The smallest absolute Gasteiger partial charge is 0.112 e. The molecular formula is C40H21B5. The molecule has 196 valence electrons. The predicted octanol–water partition coefficient (Wildman–Crippen LogP) is 5.27. The second-order valence-corrected chi connectivity index (χ2v) is 11.6. The molecule has 0 fully saturated rings. The van der Waals surface area contributed by atoms with E-state index in [1.165, 1.54) is 38.1 Å². The number of hydrogen-bond donors (Lipinski definition) is 0. The van der Waals surface area contributed by atoms with Crippen LogP contribution < -0.4 is 27.3 Å². The fourth-order valence-corrected chi connectivity index (χ4v) is 6.88. The van der Waals surface area contributed by atoms with Crippen LogP contribution in [0.3, 0.4) is 0 Å². The molecular weight excluding hydrogens is 535 g/mol. The van der Waals surface area contributed by atoms with Gasteiger partial charge in [0.25, 0.3) is 0 Å². The van der Waals surface area contributed by atoms with Gasteiger partial charge >= 0.3 is 0 Å². The van der Waals surface area contributed by atoms with Crippen LogP contribution in [0, 0.1) is 0 Å². The van der Waals surface area contributed by atoms with Crippen molar-refractivity contribution in [2.45, 2.75) is 0 Å². The molecule has 0 N–H and O–H groups in total. The summed E-state index contributed by atoms with van der Waals surface area (Å²) >= 11 is 0. The van der Waals surface area contributed by atoms with Gasteiger partial charge in [0.2, 0.25) is 0 Å². The minimum Gasteiger partial charge on any atom is -0.112 e. The Hall–Kier alpha value is -4.88. The van der Waals surface area contributed by atoms with Crippen LogP contribution in [0.4, 0.5) is 0 Å². The minimum atomic E-state index is 0.204. The first-order valence-electron chi connectivity index (χ1n) is 14.9. The molecule has 8 aromatic carbocycles. The van der Waals surface area contributed by atoms with Gasteiger partial charge < -0.3 is 0 Å².